The predicted molar refractivity (Wildman–Crippen MR) is 87.3 cm³/mol. The van der Waals surface area contributed by atoms with Crippen molar-refractivity contribution in [3.8, 4) is 0 Å². The molecule has 0 saturated carbocycles. The maximum absolute atomic E-state index is 4.59. The van der Waals surface area contributed by atoms with Gasteiger partial charge in [-0.2, -0.15) is 0 Å². The summed E-state index contributed by atoms with van der Waals surface area (Å²) < 4.78 is 0. The van der Waals surface area contributed by atoms with Crippen LogP contribution in [0.2, 0.25) is 0 Å². The van der Waals surface area contributed by atoms with Gasteiger partial charge in [-0.25, -0.2) is 9.97 Å². The monoisotopic (exact) mass is 278 g/mol. The van der Waals surface area contributed by atoms with Crippen molar-refractivity contribution in [2.75, 3.05) is 17.7 Å². The first-order valence-electron chi connectivity index (χ1n) is 7.87. The number of anilines is 2. The molecule has 0 fully saturated rings. The minimum Gasteiger partial charge on any atom is -0.373 e. The highest BCUT2D eigenvalue weighted by atomic mass is 15.1. The van der Waals surface area contributed by atoms with Crippen LogP contribution in [0.4, 0.5) is 11.6 Å². The Morgan fingerprint density at radius 2 is 1.80 bits per heavy atom. The average Bonchev–Trinajstić information content (AvgIpc) is 2.38. The Labute approximate surface area is 123 Å². The van der Waals surface area contributed by atoms with Gasteiger partial charge in [0, 0.05) is 25.6 Å². The Hall–Kier alpha value is -1.32. The summed E-state index contributed by atoms with van der Waals surface area (Å²) in [6.45, 7) is 8.93. The van der Waals surface area contributed by atoms with E-state index < -0.39 is 0 Å². The number of nitrogens with one attached hydrogen (secondary N) is 2. The molecule has 1 heterocycles. The SMILES string of the molecule is CCCc1nc(NC)cc(NC(C)CCCC(C)C)n1. The molecule has 0 radical (unpaired) electrons. The van der Waals surface area contributed by atoms with Gasteiger partial charge >= 0.3 is 0 Å². The zero-order chi connectivity index (χ0) is 15.0. The van der Waals surface area contributed by atoms with Crippen LogP contribution < -0.4 is 10.6 Å². The van der Waals surface area contributed by atoms with E-state index >= 15 is 0 Å². The summed E-state index contributed by atoms with van der Waals surface area (Å²) in [7, 11) is 1.90. The fourth-order valence-corrected chi connectivity index (χ4v) is 2.19. The van der Waals surface area contributed by atoms with Gasteiger partial charge in [0.25, 0.3) is 0 Å². The number of aryl methyl sites for hydroxylation is 1. The molecule has 0 spiro atoms. The van der Waals surface area contributed by atoms with E-state index in [9.17, 15) is 0 Å². The van der Waals surface area contributed by atoms with Gasteiger partial charge in [0.2, 0.25) is 0 Å². The normalized spacial score (nSPS) is 12.5. The summed E-state index contributed by atoms with van der Waals surface area (Å²) in [4.78, 5) is 9.06. The molecule has 0 aliphatic heterocycles. The van der Waals surface area contributed by atoms with E-state index in [0.29, 0.717) is 6.04 Å². The van der Waals surface area contributed by atoms with E-state index in [0.717, 1.165) is 36.2 Å². The van der Waals surface area contributed by atoms with Crippen molar-refractivity contribution in [2.24, 2.45) is 5.92 Å². The summed E-state index contributed by atoms with van der Waals surface area (Å²) in [6, 6.07) is 2.43. The van der Waals surface area contributed by atoms with Gasteiger partial charge in [-0.1, -0.05) is 33.6 Å². The van der Waals surface area contributed by atoms with Gasteiger partial charge in [0.05, 0.1) is 0 Å². The highest BCUT2D eigenvalue weighted by Gasteiger charge is 2.07. The van der Waals surface area contributed by atoms with Crippen LogP contribution >= 0.6 is 0 Å². The first-order chi connectivity index (χ1) is 9.55. The molecule has 114 valence electrons. The Morgan fingerprint density at radius 1 is 1.10 bits per heavy atom. The van der Waals surface area contributed by atoms with Crippen molar-refractivity contribution in [2.45, 2.75) is 65.8 Å². The van der Waals surface area contributed by atoms with Crippen LogP contribution in [0.3, 0.4) is 0 Å². The van der Waals surface area contributed by atoms with Gasteiger partial charge in [0.15, 0.2) is 0 Å². The predicted octanol–water partition coefficient (Wildman–Crippen LogP) is 4.10. The van der Waals surface area contributed by atoms with E-state index in [1.165, 1.54) is 19.3 Å². The molecule has 0 bridgehead atoms. The second-order valence-electron chi connectivity index (χ2n) is 5.92. The van der Waals surface area contributed by atoms with E-state index in [4.69, 9.17) is 0 Å². The average molecular weight is 278 g/mol. The second kappa shape index (κ2) is 8.77. The minimum atomic E-state index is 0.447. The molecule has 20 heavy (non-hydrogen) atoms. The highest BCUT2D eigenvalue weighted by molar-refractivity contribution is 5.47. The minimum absolute atomic E-state index is 0.447. The molecular weight excluding hydrogens is 248 g/mol. The number of aromatic nitrogens is 2. The fourth-order valence-electron chi connectivity index (χ4n) is 2.19. The standard InChI is InChI=1S/C16H30N4/c1-6-8-14-19-15(17-5)11-16(20-14)18-13(4)10-7-9-12(2)3/h11-13H,6-10H2,1-5H3,(H2,17,18,19,20). The van der Waals surface area contributed by atoms with Crippen molar-refractivity contribution in [1.82, 2.24) is 9.97 Å². The zero-order valence-corrected chi connectivity index (χ0v) is 13.7. The molecular formula is C16H30N4. The van der Waals surface area contributed by atoms with E-state index in [1.807, 2.05) is 13.1 Å². The maximum Gasteiger partial charge on any atom is 0.133 e. The lowest BCUT2D eigenvalue weighted by molar-refractivity contribution is 0.520. The van der Waals surface area contributed by atoms with Gasteiger partial charge < -0.3 is 10.6 Å². The van der Waals surface area contributed by atoms with Crippen LogP contribution in [-0.4, -0.2) is 23.1 Å². The van der Waals surface area contributed by atoms with Gasteiger partial charge in [0.1, 0.15) is 17.5 Å². The van der Waals surface area contributed by atoms with Crippen LogP contribution in [0, 0.1) is 5.92 Å². The molecule has 4 nitrogen and oxygen atoms in total. The molecule has 0 aliphatic rings. The van der Waals surface area contributed by atoms with E-state index in [1.54, 1.807) is 0 Å². The number of rotatable bonds is 9. The van der Waals surface area contributed by atoms with Crippen molar-refractivity contribution < 1.29 is 0 Å². The summed E-state index contributed by atoms with van der Waals surface area (Å²) in [5, 5.41) is 6.60. The fraction of sp³-hybridized carbons (Fsp3) is 0.750. The Morgan fingerprint density at radius 3 is 2.40 bits per heavy atom. The van der Waals surface area contributed by atoms with Crippen LogP contribution in [0.1, 0.15) is 59.2 Å². The first kappa shape index (κ1) is 16.7. The molecule has 1 atom stereocenters. The molecule has 0 amide bonds. The Kier molecular flexibility index (Phi) is 7.34. The first-order valence-corrected chi connectivity index (χ1v) is 7.87. The largest absolute Gasteiger partial charge is 0.373 e. The van der Waals surface area contributed by atoms with Gasteiger partial charge in [-0.3, -0.25) is 0 Å². The number of hydrogen-bond donors (Lipinski definition) is 2. The molecule has 1 aromatic heterocycles. The summed E-state index contributed by atoms with van der Waals surface area (Å²) in [6.07, 6.45) is 5.72. The Balaban J connectivity index is 2.58. The van der Waals surface area contributed by atoms with E-state index in [-0.39, 0.29) is 0 Å². The number of nitrogens with zero attached hydrogens (tertiary/aromatic N) is 2. The van der Waals surface area contributed by atoms with Crippen molar-refractivity contribution >= 4 is 11.6 Å². The van der Waals surface area contributed by atoms with Crippen LogP contribution in [-0.2, 0) is 6.42 Å². The topological polar surface area (TPSA) is 49.8 Å². The van der Waals surface area contributed by atoms with Crippen molar-refractivity contribution in [1.29, 1.82) is 0 Å². The molecule has 2 N–H and O–H groups in total. The lowest BCUT2D eigenvalue weighted by Crippen LogP contribution is -2.17. The third-order valence-corrected chi connectivity index (χ3v) is 3.32. The van der Waals surface area contributed by atoms with Crippen molar-refractivity contribution in [3.05, 3.63) is 11.9 Å². The second-order valence-corrected chi connectivity index (χ2v) is 5.92. The molecule has 1 unspecified atom stereocenters. The highest BCUT2D eigenvalue weighted by Crippen LogP contribution is 2.15. The molecule has 0 aromatic carbocycles. The van der Waals surface area contributed by atoms with Crippen LogP contribution in [0.5, 0.6) is 0 Å². The summed E-state index contributed by atoms with van der Waals surface area (Å²) >= 11 is 0. The zero-order valence-electron chi connectivity index (χ0n) is 13.7. The lowest BCUT2D eigenvalue weighted by atomic mass is 10.0. The van der Waals surface area contributed by atoms with E-state index in [2.05, 4.69) is 48.3 Å². The van der Waals surface area contributed by atoms with Crippen LogP contribution in [0.15, 0.2) is 6.07 Å². The van der Waals surface area contributed by atoms with Gasteiger partial charge in [-0.15, -0.1) is 0 Å². The number of hydrogen-bond acceptors (Lipinski definition) is 4. The Bertz CT molecular complexity index is 390. The molecule has 0 aliphatic carbocycles. The van der Waals surface area contributed by atoms with Gasteiger partial charge in [-0.05, 0) is 25.7 Å². The van der Waals surface area contributed by atoms with Crippen LogP contribution in [0.25, 0.3) is 0 Å². The molecule has 0 saturated heterocycles. The third-order valence-electron chi connectivity index (χ3n) is 3.32. The summed E-state index contributed by atoms with van der Waals surface area (Å²) in [5.41, 5.74) is 0. The summed E-state index contributed by atoms with van der Waals surface area (Å²) in [5.74, 6) is 3.52. The quantitative estimate of drug-likeness (QED) is 0.714. The molecule has 4 heteroatoms. The van der Waals surface area contributed by atoms with Crippen molar-refractivity contribution in [3.63, 3.8) is 0 Å². The third kappa shape index (κ3) is 6.22. The molecule has 1 rings (SSSR count). The lowest BCUT2D eigenvalue weighted by Gasteiger charge is -2.16. The molecule has 1 aromatic rings. The smallest absolute Gasteiger partial charge is 0.133 e. The maximum atomic E-state index is 4.59.